The van der Waals surface area contributed by atoms with Gasteiger partial charge in [-0.05, 0) is 29.4 Å². The van der Waals surface area contributed by atoms with Crippen molar-refractivity contribution < 1.29 is 4.79 Å². The maximum absolute atomic E-state index is 14.0. The Morgan fingerprint density at radius 3 is 1.82 bits per heavy atom. The van der Waals surface area contributed by atoms with Crippen LogP contribution >= 0.6 is 47.8 Å². The van der Waals surface area contributed by atoms with Crippen LogP contribution in [0.4, 0.5) is 0 Å². The molecule has 3 nitrogen and oxygen atoms in total. The van der Waals surface area contributed by atoms with Crippen molar-refractivity contribution >= 4 is 53.7 Å². The molecular formula is C27H31Br3N2O. The highest BCUT2D eigenvalue weighted by molar-refractivity contribution is 9.24. The minimum absolute atomic E-state index is 0.0589. The molecule has 1 heterocycles. The number of carbonyl (C=O) groups is 1. The SMILES string of the molecule is CC1(C)C2(C(=O)N3CCN(C(c4ccccc4)c4ccccc4)CC3)CCC1(C(Br)Br)C2Br. The third kappa shape index (κ3) is 3.30. The number of benzene rings is 2. The molecule has 4 fully saturated rings. The van der Waals surface area contributed by atoms with Gasteiger partial charge >= 0.3 is 0 Å². The van der Waals surface area contributed by atoms with Crippen LogP contribution in [0.3, 0.4) is 0 Å². The third-order valence-electron chi connectivity index (χ3n) is 9.07. The minimum atomic E-state index is -0.312. The molecule has 0 aromatic heterocycles. The molecule has 0 spiro atoms. The Bertz CT molecular complexity index is 967. The van der Waals surface area contributed by atoms with Crippen LogP contribution in [0, 0.1) is 16.2 Å². The van der Waals surface area contributed by atoms with Crippen molar-refractivity contribution in [3.8, 4) is 0 Å². The predicted molar refractivity (Wildman–Crippen MR) is 145 cm³/mol. The van der Waals surface area contributed by atoms with Crippen LogP contribution in [0.15, 0.2) is 60.7 Å². The molecule has 3 atom stereocenters. The van der Waals surface area contributed by atoms with Gasteiger partial charge in [-0.15, -0.1) is 0 Å². The van der Waals surface area contributed by atoms with Gasteiger partial charge in [0.05, 0.1) is 15.2 Å². The van der Waals surface area contributed by atoms with Gasteiger partial charge in [0.2, 0.25) is 5.91 Å². The number of carbonyl (C=O) groups excluding carboxylic acids is 1. The van der Waals surface area contributed by atoms with E-state index in [1.54, 1.807) is 0 Å². The Kier molecular flexibility index (Phi) is 6.38. The maximum Gasteiger partial charge on any atom is 0.230 e. The lowest BCUT2D eigenvalue weighted by Gasteiger charge is -2.67. The summed E-state index contributed by atoms with van der Waals surface area (Å²) in [5, 5.41) is 0. The van der Waals surface area contributed by atoms with E-state index in [9.17, 15) is 4.79 Å². The number of alkyl halides is 3. The molecule has 1 amide bonds. The quantitative estimate of drug-likeness (QED) is 0.345. The zero-order valence-corrected chi connectivity index (χ0v) is 23.9. The normalized spacial score (nSPS) is 31.1. The van der Waals surface area contributed by atoms with Gasteiger partial charge in [-0.3, -0.25) is 9.69 Å². The molecule has 176 valence electrons. The third-order valence-corrected chi connectivity index (χ3v) is 12.3. The number of fused-ring (bicyclic) bond motifs is 1. The van der Waals surface area contributed by atoms with Crippen molar-refractivity contribution in [2.24, 2.45) is 16.2 Å². The number of halogens is 3. The van der Waals surface area contributed by atoms with Crippen LogP contribution in [-0.4, -0.2) is 50.4 Å². The van der Waals surface area contributed by atoms with E-state index in [-0.39, 0.29) is 30.9 Å². The first-order chi connectivity index (χ1) is 15.8. The molecule has 3 aliphatic carbocycles. The van der Waals surface area contributed by atoms with Gasteiger partial charge in [0.15, 0.2) is 0 Å². The fraction of sp³-hybridized carbons (Fsp3) is 0.519. The van der Waals surface area contributed by atoms with Crippen molar-refractivity contribution in [3.63, 3.8) is 0 Å². The van der Waals surface area contributed by atoms with E-state index in [0.717, 1.165) is 39.0 Å². The second-order valence-corrected chi connectivity index (χ2v) is 14.3. The van der Waals surface area contributed by atoms with Gasteiger partial charge in [-0.2, -0.15) is 0 Å². The maximum atomic E-state index is 14.0. The topological polar surface area (TPSA) is 23.6 Å². The number of amides is 1. The molecule has 2 aromatic carbocycles. The van der Waals surface area contributed by atoms with E-state index >= 15 is 0 Å². The van der Waals surface area contributed by atoms with Crippen LogP contribution in [0.25, 0.3) is 0 Å². The van der Waals surface area contributed by atoms with E-state index in [4.69, 9.17) is 0 Å². The zero-order valence-electron chi connectivity index (χ0n) is 19.2. The number of hydrogen-bond acceptors (Lipinski definition) is 2. The van der Waals surface area contributed by atoms with Gasteiger partial charge in [-0.1, -0.05) is 122 Å². The highest BCUT2D eigenvalue weighted by Gasteiger charge is 2.83. The summed E-state index contributed by atoms with van der Waals surface area (Å²) in [6.45, 7) is 7.92. The largest absolute Gasteiger partial charge is 0.340 e. The summed E-state index contributed by atoms with van der Waals surface area (Å²) in [7, 11) is 0. The zero-order chi connectivity index (χ0) is 23.4. The van der Waals surface area contributed by atoms with Crippen LogP contribution in [0.1, 0.15) is 43.9 Å². The Morgan fingerprint density at radius 2 is 1.39 bits per heavy atom. The number of nitrogens with zero attached hydrogens (tertiary/aromatic N) is 2. The molecule has 1 aliphatic heterocycles. The summed E-state index contributed by atoms with van der Waals surface area (Å²) in [6.07, 6.45) is 2.02. The van der Waals surface area contributed by atoms with E-state index in [1.807, 2.05) is 0 Å². The summed E-state index contributed by atoms with van der Waals surface area (Å²) in [5.41, 5.74) is 2.31. The average molecular weight is 639 g/mol. The van der Waals surface area contributed by atoms with E-state index in [2.05, 4.69) is 132 Å². The Morgan fingerprint density at radius 1 is 0.879 bits per heavy atom. The monoisotopic (exact) mass is 636 g/mol. The van der Waals surface area contributed by atoms with Crippen molar-refractivity contribution in [3.05, 3.63) is 71.8 Å². The first kappa shape index (κ1) is 24.0. The standard InChI is InChI=1S/C27H31Br3N2O/c1-25(2)26(23(29)30)13-14-27(25,22(26)28)24(33)32-17-15-31(16-18-32)21(19-9-5-3-6-10-19)20-11-7-4-8-12-20/h3-12,21-23H,13-18H2,1-2H3. The lowest BCUT2D eigenvalue weighted by Crippen LogP contribution is -2.73. The van der Waals surface area contributed by atoms with E-state index < -0.39 is 0 Å². The summed E-state index contributed by atoms with van der Waals surface area (Å²) < 4.78 is 0.203. The molecule has 3 saturated carbocycles. The molecule has 2 bridgehead atoms. The second kappa shape index (κ2) is 8.76. The van der Waals surface area contributed by atoms with Gasteiger partial charge in [0, 0.05) is 36.4 Å². The van der Waals surface area contributed by atoms with Gasteiger partial charge in [0.1, 0.15) is 0 Å². The Labute approximate surface area is 222 Å². The number of piperazine rings is 1. The summed E-state index contributed by atoms with van der Waals surface area (Å²) in [5.74, 6) is 0.346. The van der Waals surface area contributed by atoms with E-state index in [0.29, 0.717) is 5.91 Å². The lowest BCUT2D eigenvalue weighted by molar-refractivity contribution is -0.174. The molecule has 6 heteroatoms. The Hall–Kier alpha value is -0.690. The molecule has 33 heavy (non-hydrogen) atoms. The van der Waals surface area contributed by atoms with Crippen LogP contribution < -0.4 is 0 Å². The predicted octanol–water partition coefficient (Wildman–Crippen LogP) is 6.61. The van der Waals surface area contributed by atoms with Crippen molar-refractivity contribution in [1.29, 1.82) is 0 Å². The van der Waals surface area contributed by atoms with Crippen molar-refractivity contribution in [1.82, 2.24) is 9.80 Å². The van der Waals surface area contributed by atoms with E-state index in [1.165, 1.54) is 11.1 Å². The van der Waals surface area contributed by atoms with Crippen LogP contribution in [-0.2, 0) is 4.79 Å². The van der Waals surface area contributed by atoms with Crippen LogP contribution in [0.5, 0.6) is 0 Å². The molecule has 4 aliphatic rings. The molecule has 6 rings (SSSR count). The smallest absolute Gasteiger partial charge is 0.230 e. The minimum Gasteiger partial charge on any atom is -0.340 e. The second-order valence-electron chi connectivity index (χ2n) is 10.4. The lowest BCUT2D eigenvalue weighted by atomic mass is 9.43. The summed E-state index contributed by atoms with van der Waals surface area (Å²) in [4.78, 5) is 18.9. The Balaban J connectivity index is 1.35. The number of rotatable bonds is 5. The molecular weight excluding hydrogens is 608 g/mol. The molecule has 2 aromatic rings. The average Bonchev–Trinajstić information content (AvgIpc) is 3.30. The summed E-state index contributed by atoms with van der Waals surface area (Å²) >= 11 is 11.6. The van der Waals surface area contributed by atoms with Gasteiger partial charge in [-0.25, -0.2) is 0 Å². The van der Waals surface area contributed by atoms with Gasteiger partial charge in [0.25, 0.3) is 0 Å². The highest BCUT2D eigenvalue weighted by atomic mass is 79.9. The molecule has 0 radical (unpaired) electrons. The van der Waals surface area contributed by atoms with Crippen molar-refractivity contribution in [2.45, 2.75) is 41.3 Å². The van der Waals surface area contributed by atoms with Crippen LogP contribution in [0.2, 0.25) is 0 Å². The molecule has 0 N–H and O–H groups in total. The summed E-state index contributed by atoms with van der Waals surface area (Å²) in [6, 6.07) is 21.7. The fourth-order valence-electron chi connectivity index (χ4n) is 7.02. The van der Waals surface area contributed by atoms with Gasteiger partial charge < -0.3 is 4.90 Å². The molecule has 3 unspecified atom stereocenters. The fourth-order valence-corrected chi connectivity index (χ4v) is 11.9. The number of hydrogen-bond donors (Lipinski definition) is 0. The van der Waals surface area contributed by atoms with Crippen molar-refractivity contribution in [2.75, 3.05) is 26.2 Å². The highest BCUT2D eigenvalue weighted by Crippen LogP contribution is 2.82. The first-order valence-electron chi connectivity index (χ1n) is 11.8. The first-order valence-corrected chi connectivity index (χ1v) is 14.6. The molecule has 1 saturated heterocycles.